The zero-order chi connectivity index (χ0) is 21.8. The maximum Gasteiger partial charge on any atom is 0.416 e. The number of fused-ring (bicyclic) bond motifs is 1. The predicted molar refractivity (Wildman–Crippen MR) is 115 cm³/mol. The lowest BCUT2D eigenvalue weighted by molar-refractivity contribution is -0.119. The summed E-state index contributed by atoms with van der Waals surface area (Å²) < 4.78 is 10.7. The van der Waals surface area contributed by atoms with Crippen molar-refractivity contribution in [2.45, 2.75) is 39.0 Å². The third-order valence-corrected chi connectivity index (χ3v) is 5.38. The summed E-state index contributed by atoms with van der Waals surface area (Å²) in [5.74, 6) is -0.240. The average Bonchev–Trinajstić information content (AvgIpc) is 2.99. The van der Waals surface area contributed by atoms with Gasteiger partial charge in [0.25, 0.3) is 0 Å². The zero-order valence-corrected chi connectivity index (χ0v) is 17.4. The average molecular weight is 423 g/mol. The van der Waals surface area contributed by atoms with E-state index in [1.807, 2.05) is 42.5 Å². The number of hydrogen-bond acceptors (Lipinski definition) is 5. The molecule has 0 aromatic heterocycles. The molecule has 0 radical (unpaired) electrons. The van der Waals surface area contributed by atoms with Crippen LogP contribution in [0, 0.1) is 0 Å². The molecule has 1 saturated heterocycles. The molecule has 2 aliphatic rings. The summed E-state index contributed by atoms with van der Waals surface area (Å²) in [6.07, 6.45) is 1.09. The molecule has 1 N–H and O–H groups in total. The molecule has 8 heteroatoms. The number of carbonyl (C=O) groups excluding carboxylic acids is 3. The first-order valence-corrected chi connectivity index (χ1v) is 10.4. The second-order valence-electron chi connectivity index (χ2n) is 7.63. The van der Waals surface area contributed by atoms with E-state index in [1.165, 1.54) is 11.8 Å². The number of hydrogen-bond donors (Lipinski definition) is 1. The number of rotatable bonds is 4. The van der Waals surface area contributed by atoms with E-state index in [4.69, 9.17) is 9.47 Å². The van der Waals surface area contributed by atoms with Gasteiger partial charge in [-0.05, 0) is 48.6 Å². The molecule has 0 aliphatic carbocycles. The Bertz CT molecular complexity index is 978. The Labute approximate surface area is 180 Å². The van der Waals surface area contributed by atoms with Gasteiger partial charge in [-0.15, -0.1) is 0 Å². The second kappa shape index (κ2) is 9.07. The Balaban J connectivity index is 1.55. The number of nitrogens with one attached hydrogen (secondary N) is 1. The molecule has 4 rings (SSSR count). The van der Waals surface area contributed by atoms with Crippen LogP contribution in [0.15, 0.2) is 48.5 Å². The van der Waals surface area contributed by atoms with Crippen molar-refractivity contribution in [1.29, 1.82) is 0 Å². The molecule has 2 aromatic rings. The van der Waals surface area contributed by atoms with Gasteiger partial charge < -0.3 is 14.8 Å². The first-order valence-electron chi connectivity index (χ1n) is 10.4. The molecule has 3 amide bonds. The van der Waals surface area contributed by atoms with Crippen LogP contribution in [0.5, 0.6) is 0 Å². The van der Waals surface area contributed by atoms with Gasteiger partial charge in [-0.2, -0.15) is 0 Å². The maximum atomic E-state index is 12.8. The Morgan fingerprint density at radius 2 is 1.97 bits per heavy atom. The first kappa shape index (κ1) is 20.7. The molecule has 2 aliphatic heterocycles. The van der Waals surface area contributed by atoms with E-state index in [1.54, 1.807) is 11.0 Å². The van der Waals surface area contributed by atoms with Crippen LogP contribution in [0.4, 0.5) is 21.0 Å². The van der Waals surface area contributed by atoms with Crippen LogP contribution in [0.25, 0.3) is 0 Å². The molecule has 8 nitrogen and oxygen atoms in total. The van der Waals surface area contributed by atoms with Crippen molar-refractivity contribution in [3.05, 3.63) is 59.7 Å². The predicted octanol–water partition coefficient (Wildman–Crippen LogP) is 3.58. The summed E-state index contributed by atoms with van der Waals surface area (Å²) in [5.41, 5.74) is 3.29. The quantitative estimate of drug-likeness (QED) is 0.812. The van der Waals surface area contributed by atoms with Gasteiger partial charge in [0.1, 0.15) is 19.4 Å². The highest BCUT2D eigenvalue weighted by Crippen LogP contribution is 2.32. The van der Waals surface area contributed by atoms with E-state index in [0.29, 0.717) is 12.2 Å². The topological polar surface area (TPSA) is 88.2 Å². The minimum atomic E-state index is -0.555. The minimum Gasteiger partial charge on any atom is -0.445 e. The Morgan fingerprint density at radius 1 is 1.16 bits per heavy atom. The molecule has 2 heterocycles. The van der Waals surface area contributed by atoms with E-state index in [0.717, 1.165) is 36.1 Å². The number of ether oxygens (including phenoxy) is 2. The van der Waals surface area contributed by atoms with E-state index in [9.17, 15) is 14.4 Å². The fourth-order valence-electron chi connectivity index (χ4n) is 3.93. The molecule has 0 spiro atoms. The number of anilines is 2. The van der Waals surface area contributed by atoms with Crippen molar-refractivity contribution in [2.75, 3.05) is 23.0 Å². The molecule has 162 valence electrons. The van der Waals surface area contributed by atoms with Gasteiger partial charge in [0.15, 0.2) is 0 Å². The van der Waals surface area contributed by atoms with Crippen molar-refractivity contribution in [2.24, 2.45) is 0 Å². The summed E-state index contributed by atoms with van der Waals surface area (Å²) in [4.78, 5) is 39.7. The summed E-state index contributed by atoms with van der Waals surface area (Å²) in [7, 11) is 0. The molecular weight excluding hydrogens is 398 g/mol. The highest BCUT2D eigenvalue weighted by atomic mass is 16.6. The zero-order valence-electron chi connectivity index (χ0n) is 17.4. The van der Waals surface area contributed by atoms with E-state index in [-0.39, 0.29) is 19.1 Å². The number of aryl methyl sites for hydroxylation is 1. The van der Waals surface area contributed by atoms with Crippen LogP contribution in [-0.4, -0.2) is 37.4 Å². The first-order chi connectivity index (χ1) is 15.0. The standard InChI is InChI=1S/C23H25N3O5/c1-16(27)24-21-15-31-23(29)26(21)19-10-11-20-18(13-19)9-5-6-12-25(20)22(28)30-14-17-7-3-2-4-8-17/h2-4,7-8,10-11,13,21H,5-6,9,12,14-15H2,1H3,(H,24,27). The monoisotopic (exact) mass is 423 g/mol. The molecule has 1 atom stereocenters. The summed E-state index contributed by atoms with van der Waals surface area (Å²) in [6.45, 7) is 2.27. The highest BCUT2D eigenvalue weighted by Gasteiger charge is 2.35. The van der Waals surface area contributed by atoms with E-state index < -0.39 is 18.4 Å². The molecule has 0 bridgehead atoms. The van der Waals surface area contributed by atoms with Crippen molar-refractivity contribution < 1.29 is 23.9 Å². The lowest BCUT2D eigenvalue weighted by atomic mass is 10.1. The van der Waals surface area contributed by atoms with Crippen LogP contribution in [-0.2, 0) is 27.3 Å². The fraction of sp³-hybridized carbons (Fsp3) is 0.348. The van der Waals surface area contributed by atoms with Gasteiger partial charge in [0.05, 0.1) is 5.69 Å². The summed E-state index contributed by atoms with van der Waals surface area (Å²) in [6, 6.07) is 15.0. The number of carbonyl (C=O) groups is 3. The smallest absolute Gasteiger partial charge is 0.416 e. The molecule has 2 aromatic carbocycles. The summed E-state index contributed by atoms with van der Waals surface area (Å²) in [5, 5.41) is 2.73. The minimum absolute atomic E-state index is 0.0907. The second-order valence-corrected chi connectivity index (χ2v) is 7.63. The largest absolute Gasteiger partial charge is 0.445 e. The van der Waals surface area contributed by atoms with Crippen LogP contribution in [0.3, 0.4) is 0 Å². The Hall–Kier alpha value is -3.55. The third kappa shape index (κ3) is 4.63. The van der Waals surface area contributed by atoms with Gasteiger partial charge in [-0.25, -0.2) is 9.59 Å². The fourth-order valence-corrected chi connectivity index (χ4v) is 3.93. The highest BCUT2D eigenvalue weighted by molar-refractivity contribution is 5.93. The SMILES string of the molecule is CC(=O)NC1COC(=O)N1c1ccc2c(c1)CCCCN2C(=O)OCc1ccccc1. The molecule has 0 saturated carbocycles. The Morgan fingerprint density at radius 3 is 2.74 bits per heavy atom. The van der Waals surface area contributed by atoms with Gasteiger partial charge in [0.2, 0.25) is 5.91 Å². The lowest BCUT2D eigenvalue weighted by Gasteiger charge is -2.25. The number of benzene rings is 2. The van der Waals surface area contributed by atoms with E-state index in [2.05, 4.69) is 5.32 Å². The van der Waals surface area contributed by atoms with Crippen LogP contribution in [0.2, 0.25) is 0 Å². The lowest BCUT2D eigenvalue weighted by Crippen LogP contribution is -2.46. The van der Waals surface area contributed by atoms with Gasteiger partial charge in [-0.1, -0.05) is 30.3 Å². The van der Waals surface area contributed by atoms with Crippen molar-refractivity contribution in [3.63, 3.8) is 0 Å². The molecule has 31 heavy (non-hydrogen) atoms. The normalized spacial score (nSPS) is 18.1. The van der Waals surface area contributed by atoms with Crippen LogP contribution >= 0.6 is 0 Å². The van der Waals surface area contributed by atoms with Crippen LogP contribution in [0.1, 0.15) is 30.9 Å². The van der Waals surface area contributed by atoms with Gasteiger partial charge in [-0.3, -0.25) is 14.6 Å². The van der Waals surface area contributed by atoms with Gasteiger partial charge in [0, 0.05) is 19.2 Å². The van der Waals surface area contributed by atoms with Crippen molar-refractivity contribution in [3.8, 4) is 0 Å². The molecular formula is C23H25N3O5. The van der Waals surface area contributed by atoms with Gasteiger partial charge >= 0.3 is 12.2 Å². The Kier molecular flexibility index (Phi) is 6.06. The molecule has 1 unspecified atom stereocenters. The van der Waals surface area contributed by atoms with E-state index >= 15 is 0 Å². The number of cyclic esters (lactones) is 1. The van der Waals surface area contributed by atoms with Crippen molar-refractivity contribution in [1.82, 2.24) is 5.32 Å². The number of nitrogens with zero attached hydrogens (tertiary/aromatic N) is 2. The van der Waals surface area contributed by atoms with Crippen molar-refractivity contribution >= 4 is 29.5 Å². The third-order valence-electron chi connectivity index (χ3n) is 5.38. The summed E-state index contributed by atoms with van der Waals surface area (Å²) >= 11 is 0. The number of amides is 3. The maximum absolute atomic E-state index is 12.8. The molecule has 1 fully saturated rings. The van der Waals surface area contributed by atoms with Crippen LogP contribution < -0.4 is 15.1 Å².